The van der Waals surface area contributed by atoms with E-state index in [1.54, 1.807) is 4.90 Å². The molecule has 2 aromatic carbocycles. The summed E-state index contributed by atoms with van der Waals surface area (Å²) >= 11 is 0. The Morgan fingerprint density at radius 2 is 1.90 bits per heavy atom. The topological polar surface area (TPSA) is 59.5 Å². The summed E-state index contributed by atoms with van der Waals surface area (Å²) in [6, 6.07) is 17.8. The fraction of sp³-hybridized carbons (Fsp3) is 0.346. The molecule has 1 amide bonds. The molecular formula is C26H28N2O3. The number of ether oxygens (including phenoxy) is 1. The number of pyridine rings is 1. The van der Waals surface area contributed by atoms with E-state index in [0.717, 1.165) is 46.3 Å². The lowest BCUT2D eigenvalue weighted by molar-refractivity contribution is -0.137. The number of benzene rings is 2. The highest BCUT2D eigenvalue weighted by atomic mass is 16.5. The van der Waals surface area contributed by atoms with Crippen LogP contribution < -0.4 is 4.74 Å². The number of carbonyl (C=O) groups is 2. The zero-order valence-electron chi connectivity index (χ0n) is 18.1. The Balaban J connectivity index is 1.39. The Kier molecular flexibility index (Phi) is 6.31. The van der Waals surface area contributed by atoms with Gasteiger partial charge in [-0.15, -0.1) is 0 Å². The SMILES string of the molecule is Cc1cc(COc2ccc(C(C)C(=O)CN3CCCCC3=O)cc2)c2ccccc2n1. The second kappa shape index (κ2) is 9.29. The van der Waals surface area contributed by atoms with Crippen LogP contribution >= 0.6 is 0 Å². The lowest BCUT2D eigenvalue weighted by Crippen LogP contribution is -2.40. The molecule has 1 aromatic heterocycles. The first kappa shape index (κ1) is 21.0. The van der Waals surface area contributed by atoms with E-state index >= 15 is 0 Å². The van der Waals surface area contributed by atoms with Crippen molar-refractivity contribution in [1.29, 1.82) is 0 Å². The quantitative estimate of drug-likeness (QED) is 0.555. The van der Waals surface area contributed by atoms with Gasteiger partial charge in [-0.3, -0.25) is 14.6 Å². The summed E-state index contributed by atoms with van der Waals surface area (Å²) in [5.74, 6) is 0.667. The molecule has 2 heterocycles. The van der Waals surface area contributed by atoms with Crippen molar-refractivity contribution < 1.29 is 14.3 Å². The Bertz CT molecular complexity index is 1090. The van der Waals surface area contributed by atoms with Gasteiger partial charge in [-0.25, -0.2) is 0 Å². The molecule has 1 atom stereocenters. The van der Waals surface area contributed by atoms with Gasteiger partial charge in [-0.1, -0.05) is 37.3 Å². The standard InChI is InChI=1S/C26H28N2O3/c1-18-15-21(23-7-3-4-8-24(23)27-18)17-31-22-12-10-20(11-13-22)19(2)25(29)16-28-14-6-5-9-26(28)30/h3-4,7-8,10-13,15,19H,5-6,9,14,16-17H2,1-2H3. The molecule has 1 fully saturated rings. The molecule has 3 aromatic rings. The number of ketones is 1. The molecular weight excluding hydrogens is 388 g/mol. The Morgan fingerprint density at radius 1 is 1.13 bits per heavy atom. The Hall–Kier alpha value is -3.21. The molecule has 0 saturated carbocycles. The van der Waals surface area contributed by atoms with Crippen LogP contribution in [0.5, 0.6) is 5.75 Å². The highest BCUT2D eigenvalue weighted by molar-refractivity contribution is 5.90. The van der Waals surface area contributed by atoms with Crippen LogP contribution in [0.25, 0.3) is 10.9 Å². The number of rotatable bonds is 7. The van der Waals surface area contributed by atoms with Gasteiger partial charge in [0, 0.05) is 35.5 Å². The Labute approximate surface area is 183 Å². The first-order valence-corrected chi connectivity index (χ1v) is 10.9. The minimum Gasteiger partial charge on any atom is -0.489 e. The number of hydrogen-bond acceptors (Lipinski definition) is 4. The van der Waals surface area contributed by atoms with Crippen LogP contribution in [-0.2, 0) is 16.2 Å². The Morgan fingerprint density at radius 3 is 2.68 bits per heavy atom. The smallest absolute Gasteiger partial charge is 0.222 e. The summed E-state index contributed by atoms with van der Waals surface area (Å²) in [5, 5.41) is 1.09. The number of Topliss-reactive ketones (excluding diaryl/α,β-unsaturated/α-hetero) is 1. The van der Waals surface area contributed by atoms with Crippen molar-refractivity contribution in [1.82, 2.24) is 9.88 Å². The molecule has 0 spiro atoms. The minimum absolute atomic E-state index is 0.0719. The minimum atomic E-state index is -0.254. The number of fused-ring (bicyclic) bond motifs is 1. The van der Waals surface area contributed by atoms with Crippen molar-refractivity contribution in [3.05, 3.63) is 71.4 Å². The number of amides is 1. The van der Waals surface area contributed by atoms with E-state index in [0.29, 0.717) is 19.6 Å². The van der Waals surface area contributed by atoms with Crippen LogP contribution in [0.3, 0.4) is 0 Å². The maximum absolute atomic E-state index is 12.7. The highest BCUT2D eigenvalue weighted by Crippen LogP contribution is 2.24. The van der Waals surface area contributed by atoms with Crippen molar-refractivity contribution in [3.63, 3.8) is 0 Å². The number of hydrogen-bond donors (Lipinski definition) is 0. The number of para-hydroxylation sites is 1. The van der Waals surface area contributed by atoms with Gasteiger partial charge in [0.25, 0.3) is 0 Å². The molecule has 0 N–H and O–H groups in total. The van der Waals surface area contributed by atoms with Gasteiger partial charge >= 0.3 is 0 Å². The zero-order valence-corrected chi connectivity index (χ0v) is 18.1. The van der Waals surface area contributed by atoms with Crippen LogP contribution in [0.15, 0.2) is 54.6 Å². The predicted molar refractivity (Wildman–Crippen MR) is 121 cm³/mol. The van der Waals surface area contributed by atoms with Gasteiger partial charge in [-0.05, 0) is 49.6 Å². The lowest BCUT2D eigenvalue weighted by atomic mass is 9.96. The van der Waals surface area contributed by atoms with E-state index in [-0.39, 0.29) is 24.2 Å². The highest BCUT2D eigenvalue weighted by Gasteiger charge is 2.23. The number of aromatic nitrogens is 1. The summed E-state index contributed by atoms with van der Waals surface area (Å²) in [4.78, 5) is 30.9. The lowest BCUT2D eigenvalue weighted by Gasteiger charge is -2.27. The predicted octanol–water partition coefficient (Wildman–Crippen LogP) is 4.81. The molecule has 0 aliphatic carbocycles. The van der Waals surface area contributed by atoms with Gasteiger partial charge < -0.3 is 9.64 Å². The summed E-state index contributed by atoms with van der Waals surface area (Å²) in [5.41, 5.74) is 3.97. The van der Waals surface area contributed by atoms with Crippen LogP contribution in [0, 0.1) is 6.92 Å². The first-order chi connectivity index (χ1) is 15.0. The van der Waals surface area contributed by atoms with Gasteiger partial charge in [0.15, 0.2) is 5.78 Å². The maximum atomic E-state index is 12.7. The summed E-state index contributed by atoms with van der Waals surface area (Å²) in [6.07, 6.45) is 2.46. The average molecular weight is 417 g/mol. The summed E-state index contributed by atoms with van der Waals surface area (Å²) < 4.78 is 6.02. The van der Waals surface area contributed by atoms with Crippen molar-refractivity contribution in [2.24, 2.45) is 0 Å². The number of nitrogens with zero attached hydrogens (tertiary/aromatic N) is 2. The molecule has 1 aliphatic rings. The number of carbonyl (C=O) groups excluding carboxylic acids is 2. The second-order valence-electron chi connectivity index (χ2n) is 8.26. The normalized spacial score (nSPS) is 15.2. The van der Waals surface area contributed by atoms with E-state index in [4.69, 9.17) is 4.74 Å². The molecule has 31 heavy (non-hydrogen) atoms. The van der Waals surface area contributed by atoms with Gasteiger partial charge in [0.1, 0.15) is 12.4 Å². The molecule has 0 bridgehead atoms. The molecule has 0 radical (unpaired) electrons. The van der Waals surface area contributed by atoms with Crippen LogP contribution in [0.4, 0.5) is 0 Å². The fourth-order valence-corrected chi connectivity index (χ4v) is 4.07. The molecule has 4 rings (SSSR count). The van der Waals surface area contributed by atoms with Crippen LogP contribution in [-0.4, -0.2) is 34.7 Å². The molecule has 1 saturated heterocycles. The third-order valence-corrected chi connectivity index (χ3v) is 5.96. The maximum Gasteiger partial charge on any atom is 0.222 e. The largest absolute Gasteiger partial charge is 0.489 e. The van der Waals surface area contributed by atoms with Crippen LogP contribution in [0.2, 0.25) is 0 Å². The molecule has 160 valence electrons. The van der Waals surface area contributed by atoms with Crippen molar-refractivity contribution in [2.75, 3.05) is 13.1 Å². The second-order valence-corrected chi connectivity index (χ2v) is 8.26. The van der Waals surface area contributed by atoms with Gasteiger partial charge in [0.05, 0.1) is 12.1 Å². The number of likely N-dealkylation sites (tertiary alicyclic amines) is 1. The first-order valence-electron chi connectivity index (χ1n) is 10.9. The van der Waals surface area contributed by atoms with Crippen molar-refractivity contribution >= 4 is 22.6 Å². The number of aryl methyl sites for hydroxylation is 1. The fourth-order valence-electron chi connectivity index (χ4n) is 4.07. The van der Waals surface area contributed by atoms with Crippen LogP contribution in [0.1, 0.15) is 48.9 Å². The summed E-state index contributed by atoms with van der Waals surface area (Å²) in [6.45, 7) is 5.23. The molecule has 1 aliphatic heterocycles. The van der Waals surface area contributed by atoms with Crippen molar-refractivity contribution in [2.45, 2.75) is 45.6 Å². The van der Waals surface area contributed by atoms with E-state index < -0.39 is 0 Å². The van der Waals surface area contributed by atoms with E-state index in [9.17, 15) is 9.59 Å². The van der Waals surface area contributed by atoms with Crippen molar-refractivity contribution in [3.8, 4) is 5.75 Å². The van der Waals surface area contributed by atoms with E-state index in [1.807, 2.05) is 56.3 Å². The average Bonchev–Trinajstić information content (AvgIpc) is 2.78. The zero-order chi connectivity index (χ0) is 21.8. The van der Waals surface area contributed by atoms with Gasteiger partial charge in [-0.2, -0.15) is 0 Å². The molecule has 5 heteroatoms. The van der Waals surface area contributed by atoms with E-state index in [1.165, 1.54) is 0 Å². The summed E-state index contributed by atoms with van der Waals surface area (Å²) in [7, 11) is 0. The van der Waals surface area contributed by atoms with Gasteiger partial charge in [0.2, 0.25) is 5.91 Å². The molecule has 5 nitrogen and oxygen atoms in total. The monoisotopic (exact) mass is 416 g/mol. The third-order valence-electron chi connectivity index (χ3n) is 5.96. The number of piperidine rings is 1. The van der Waals surface area contributed by atoms with E-state index in [2.05, 4.69) is 17.1 Å². The molecule has 1 unspecified atom stereocenters. The third kappa shape index (κ3) is 4.93.